The van der Waals surface area contributed by atoms with Crippen molar-refractivity contribution in [1.29, 1.82) is 0 Å². The third-order valence-electron chi connectivity index (χ3n) is 3.18. The summed E-state index contributed by atoms with van der Waals surface area (Å²) in [5.74, 6) is 0.964. The van der Waals surface area contributed by atoms with Gasteiger partial charge in [-0.2, -0.15) is 10.1 Å². The third-order valence-corrected chi connectivity index (χ3v) is 4.52. The standard InChI is InChI=1S/C15H12N2O2S2/c1-19-13-7-6-10-4-2-3-5-11(10)12(13)8-16-17-14(18)9-21-15(17)20/h2-8H,9H2,1H3. The highest BCUT2D eigenvalue weighted by molar-refractivity contribution is 8.23. The van der Waals surface area contributed by atoms with E-state index in [1.807, 2.05) is 36.4 Å². The molecule has 0 saturated carbocycles. The molecule has 0 radical (unpaired) electrons. The second-order valence-electron chi connectivity index (χ2n) is 4.41. The van der Waals surface area contributed by atoms with E-state index in [1.54, 1.807) is 13.3 Å². The summed E-state index contributed by atoms with van der Waals surface area (Å²) in [4.78, 5) is 11.7. The number of fused-ring (bicyclic) bond motifs is 1. The van der Waals surface area contributed by atoms with Crippen molar-refractivity contribution < 1.29 is 9.53 Å². The minimum absolute atomic E-state index is 0.0968. The Kier molecular flexibility index (Phi) is 3.90. The van der Waals surface area contributed by atoms with Gasteiger partial charge in [-0.15, -0.1) is 0 Å². The lowest BCUT2D eigenvalue weighted by molar-refractivity contribution is -0.123. The van der Waals surface area contributed by atoms with Gasteiger partial charge in [0.1, 0.15) is 5.75 Å². The maximum Gasteiger partial charge on any atom is 0.259 e. The number of carbonyl (C=O) groups excluding carboxylic acids is 1. The lowest BCUT2D eigenvalue weighted by Gasteiger charge is -2.10. The van der Waals surface area contributed by atoms with Crippen LogP contribution in [0.15, 0.2) is 41.5 Å². The van der Waals surface area contributed by atoms with E-state index in [1.165, 1.54) is 16.8 Å². The van der Waals surface area contributed by atoms with E-state index in [2.05, 4.69) is 5.10 Å². The third kappa shape index (κ3) is 2.64. The first kappa shape index (κ1) is 14.0. The summed E-state index contributed by atoms with van der Waals surface area (Å²) in [6.07, 6.45) is 1.64. The summed E-state index contributed by atoms with van der Waals surface area (Å²) in [6.45, 7) is 0. The topological polar surface area (TPSA) is 41.9 Å². The molecule has 3 rings (SSSR count). The first-order chi connectivity index (χ1) is 10.2. The van der Waals surface area contributed by atoms with E-state index in [-0.39, 0.29) is 5.91 Å². The van der Waals surface area contributed by atoms with Crippen LogP contribution in [0.5, 0.6) is 5.75 Å². The van der Waals surface area contributed by atoms with Gasteiger partial charge < -0.3 is 4.74 Å². The van der Waals surface area contributed by atoms with Crippen molar-refractivity contribution >= 4 is 51.2 Å². The smallest absolute Gasteiger partial charge is 0.259 e. The minimum atomic E-state index is -0.0968. The van der Waals surface area contributed by atoms with Crippen LogP contribution in [0.4, 0.5) is 0 Å². The molecule has 6 heteroatoms. The molecule has 1 heterocycles. The Morgan fingerprint density at radius 2 is 2.14 bits per heavy atom. The number of ether oxygens (including phenoxy) is 1. The fourth-order valence-electron chi connectivity index (χ4n) is 2.16. The Morgan fingerprint density at radius 1 is 1.33 bits per heavy atom. The van der Waals surface area contributed by atoms with E-state index in [9.17, 15) is 4.79 Å². The quantitative estimate of drug-likeness (QED) is 0.645. The SMILES string of the molecule is COc1ccc2ccccc2c1C=NN1C(=O)CSC1=S. The maximum atomic E-state index is 11.7. The molecule has 1 fully saturated rings. The zero-order valence-electron chi connectivity index (χ0n) is 11.3. The van der Waals surface area contributed by atoms with Gasteiger partial charge in [0.2, 0.25) is 0 Å². The summed E-state index contributed by atoms with van der Waals surface area (Å²) < 4.78 is 5.87. The van der Waals surface area contributed by atoms with Crippen LogP contribution < -0.4 is 4.74 Å². The van der Waals surface area contributed by atoms with Crippen LogP contribution in [-0.2, 0) is 4.79 Å². The molecular formula is C15H12N2O2S2. The summed E-state index contributed by atoms with van der Waals surface area (Å²) in [5, 5.41) is 7.60. The molecule has 21 heavy (non-hydrogen) atoms. The normalized spacial score (nSPS) is 15.4. The highest BCUT2D eigenvalue weighted by Crippen LogP contribution is 2.27. The highest BCUT2D eigenvalue weighted by atomic mass is 32.2. The van der Waals surface area contributed by atoms with E-state index in [0.717, 1.165) is 16.3 Å². The highest BCUT2D eigenvalue weighted by Gasteiger charge is 2.26. The number of rotatable bonds is 3. The molecule has 0 atom stereocenters. The van der Waals surface area contributed by atoms with Gasteiger partial charge in [0.25, 0.3) is 5.91 Å². The van der Waals surface area contributed by atoms with E-state index >= 15 is 0 Å². The number of methoxy groups -OCH3 is 1. The molecule has 1 aliphatic rings. The number of thiocarbonyl (C=S) groups is 1. The van der Waals surface area contributed by atoms with Crippen molar-refractivity contribution in [3.63, 3.8) is 0 Å². The van der Waals surface area contributed by atoms with E-state index in [4.69, 9.17) is 17.0 Å². The molecule has 1 saturated heterocycles. The Hall–Kier alpha value is -1.92. The van der Waals surface area contributed by atoms with Crippen LogP contribution in [0.3, 0.4) is 0 Å². The fraction of sp³-hybridized carbons (Fsp3) is 0.133. The molecule has 2 aromatic carbocycles. The number of carbonyl (C=O) groups is 1. The fourth-order valence-corrected chi connectivity index (χ4v) is 3.13. The van der Waals surface area contributed by atoms with Crippen molar-refractivity contribution in [3.05, 3.63) is 42.0 Å². The van der Waals surface area contributed by atoms with Gasteiger partial charge in [0.15, 0.2) is 4.32 Å². The second-order valence-corrected chi connectivity index (χ2v) is 6.02. The van der Waals surface area contributed by atoms with Crippen LogP contribution >= 0.6 is 24.0 Å². The first-order valence-corrected chi connectivity index (χ1v) is 7.69. The summed E-state index contributed by atoms with van der Waals surface area (Å²) in [6, 6.07) is 11.8. The summed E-state index contributed by atoms with van der Waals surface area (Å²) >= 11 is 6.44. The molecule has 106 valence electrons. The second kappa shape index (κ2) is 5.83. The molecule has 0 bridgehead atoms. The van der Waals surface area contributed by atoms with Crippen LogP contribution in [-0.4, -0.2) is 34.3 Å². The zero-order chi connectivity index (χ0) is 14.8. The summed E-state index contributed by atoms with van der Waals surface area (Å²) in [7, 11) is 1.61. The van der Waals surface area contributed by atoms with Gasteiger partial charge >= 0.3 is 0 Å². The number of benzene rings is 2. The van der Waals surface area contributed by atoms with E-state index in [0.29, 0.717) is 15.8 Å². The van der Waals surface area contributed by atoms with Gasteiger partial charge in [-0.05, 0) is 16.8 Å². The van der Waals surface area contributed by atoms with Crippen molar-refractivity contribution in [2.75, 3.05) is 12.9 Å². The van der Waals surface area contributed by atoms with Gasteiger partial charge in [-0.1, -0.05) is 54.3 Å². The number of hydrazone groups is 1. The molecule has 0 N–H and O–H groups in total. The molecule has 0 aliphatic carbocycles. The lowest BCUT2D eigenvalue weighted by Crippen LogP contribution is -2.22. The van der Waals surface area contributed by atoms with Crippen LogP contribution in [0.1, 0.15) is 5.56 Å². The van der Waals surface area contributed by atoms with Crippen molar-refractivity contribution in [1.82, 2.24) is 5.01 Å². The number of amides is 1. The maximum absolute atomic E-state index is 11.7. The largest absolute Gasteiger partial charge is 0.496 e. The molecule has 2 aromatic rings. The first-order valence-electron chi connectivity index (χ1n) is 6.30. The van der Waals surface area contributed by atoms with Crippen LogP contribution in [0.2, 0.25) is 0 Å². The predicted molar refractivity (Wildman–Crippen MR) is 90.0 cm³/mol. The number of thioether (sulfide) groups is 1. The monoisotopic (exact) mass is 316 g/mol. The Bertz CT molecular complexity index is 742. The van der Waals surface area contributed by atoms with Gasteiger partial charge in [0, 0.05) is 5.56 Å². The molecule has 0 aromatic heterocycles. The Balaban J connectivity index is 2.06. The molecule has 4 nitrogen and oxygen atoms in total. The minimum Gasteiger partial charge on any atom is -0.496 e. The molecule has 1 amide bonds. The van der Waals surface area contributed by atoms with Gasteiger partial charge in [0.05, 0.1) is 19.1 Å². The molecular weight excluding hydrogens is 304 g/mol. The van der Waals surface area contributed by atoms with Crippen molar-refractivity contribution in [2.24, 2.45) is 5.10 Å². The summed E-state index contributed by atoms with van der Waals surface area (Å²) in [5.41, 5.74) is 0.836. The number of hydrogen-bond acceptors (Lipinski definition) is 5. The molecule has 0 spiro atoms. The Labute approximate surface area is 131 Å². The van der Waals surface area contributed by atoms with Crippen LogP contribution in [0.25, 0.3) is 10.8 Å². The van der Waals surface area contributed by atoms with E-state index < -0.39 is 0 Å². The van der Waals surface area contributed by atoms with Gasteiger partial charge in [-0.25, -0.2) is 0 Å². The van der Waals surface area contributed by atoms with Crippen molar-refractivity contribution in [2.45, 2.75) is 0 Å². The predicted octanol–water partition coefficient (Wildman–Crippen LogP) is 3.04. The molecule has 1 aliphatic heterocycles. The lowest BCUT2D eigenvalue weighted by atomic mass is 10.0. The van der Waals surface area contributed by atoms with Gasteiger partial charge in [-0.3, -0.25) is 4.79 Å². The van der Waals surface area contributed by atoms with Crippen molar-refractivity contribution in [3.8, 4) is 5.75 Å². The molecule has 0 unspecified atom stereocenters. The number of nitrogens with zero attached hydrogens (tertiary/aromatic N) is 2. The average Bonchev–Trinajstić information content (AvgIpc) is 2.83. The zero-order valence-corrected chi connectivity index (χ0v) is 12.9. The number of hydrogen-bond donors (Lipinski definition) is 0. The average molecular weight is 316 g/mol. The Morgan fingerprint density at radius 3 is 2.86 bits per heavy atom. The van der Waals surface area contributed by atoms with Crippen LogP contribution in [0, 0.1) is 0 Å².